The standard InChI is InChI=1S/C46H52N6O5/c1-27-34(9-6-11-38(27)50-44(54)40-20-36(29-15-16-29)32(24-48-40)23-47-22-31-8-5-14-43(31)53)35-10-7-12-39(28(35)2)51-45(55)41-21-37(30-17-18-30)33(25-49-41)26-52-19-4-3-13-42(52)46(56)57/h6-7,9-12,20-22,24-25,29-31,42-43,53H,3-5,8,13-19,23,26H2,1-2H3,(H,50,54)(H,51,55)(H,56,57)/t31?,42-,43+/m0/s1. The summed E-state index contributed by atoms with van der Waals surface area (Å²) in [6.45, 7) is 5.71. The molecule has 1 unspecified atom stereocenters. The molecule has 3 aliphatic carbocycles. The number of aliphatic hydroxyl groups is 1. The minimum atomic E-state index is -0.781. The number of nitrogens with one attached hydrogen (secondary N) is 2. The molecule has 3 heterocycles. The van der Waals surface area contributed by atoms with E-state index in [9.17, 15) is 24.6 Å². The molecule has 2 aromatic heterocycles. The summed E-state index contributed by atoms with van der Waals surface area (Å²) in [6.07, 6.45) is 14.8. The molecule has 4 aliphatic rings. The van der Waals surface area contributed by atoms with Gasteiger partial charge in [-0.1, -0.05) is 37.1 Å². The lowest BCUT2D eigenvalue weighted by Gasteiger charge is -2.33. The third-order valence-corrected chi connectivity index (χ3v) is 12.4. The molecule has 2 aromatic carbocycles. The summed E-state index contributed by atoms with van der Waals surface area (Å²) in [5.74, 6) is -0.467. The SMILES string of the molecule is Cc1c(NC(=O)c2cc(C3CC3)c(CN=CC3CCC[C@H]3O)cn2)cccc1-c1cccc(NC(=O)c2cc(C3CC3)c(CN3CCCC[C@H]3C(=O)O)cn2)c1C. The molecule has 2 amide bonds. The molecular formula is C46H52N6O5. The zero-order valence-electron chi connectivity index (χ0n) is 32.8. The van der Waals surface area contributed by atoms with Crippen molar-refractivity contribution in [1.82, 2.24) is 14.9 Å². The van der Waals surface area contributed by atoms with Gasteiger partial charge in [-0.15, -0.1) is 0 Å². The van der Waals surface area contributed by atoms with E-state index >= 15 is 0 Å². The number of carboxylic acid groups (broad SMARTS) is 1. The highest BCUT2D eigenvalue weighted by Crippen LogP contribution is 2.43. The quantitative estimate of drug-likeness (QED) is 0.0993. The number of nitrogens with zero attached hydrogens (tertiary/aromatic N) is 4. The predicted molar refractivity (Wildman–Crippen MR) is 221 cm³/mol. The Morgan fingerprint density at radius 2 is 1.35 bits per heavy atom. The lowest BCUT2D eigenvalue weighted by molar-refractivity contribution is -0.144. The van der Waals surface area contributed by atoms with Gasteiger partial charge in [-0.3, -0.25) is 34.2 Å². The topological polar surface area (TPSA) is 157 Å². The van der Waals surface area contributed by atoms with Crippen molar-refractivity contribution < 1.29 is 24.6 Å². The highest BCUT2D eigenvalue weighted by Gasteiger charge is 2.33. The number of carbonyl (C=O) groups is 3. The molecule has 4 N–H and O–H groups in total. The minimum absolute atomic E-state index is 0.116. The van der Waals surface area contributed by atoms with Crippen LogP contribution in [0.1, 0.15) is 130 Å². The lowest BCUT2D eigenvalue weighted by atomic mass is 9.94. The highest BCUT2D eigenvalue weighted by atomic mass is 16.4. The van der Waals surface area contributed by atoms with Crippen LogP contribution < -0.4 is 10.6 Å². The van der Waals surface area contributed by atoms with Crippen molar-refractivity contribution >= 4 is 35.4 Å². The zero-order chi connectivity index (χ0) is 39.6. The average Bonchev–Trinajstić information content (AvgIpc) is 4.16. The van der Waals surface area contributed by atoms with Crippen molar-refractivity contribution in [3.05, 3.63) is 106 Å². The van der Waals surface area contributed by atoms with Gasteiger partial charge < -0.3 is 20.8 Å². The van der Waals surface area contributed by atoms with Crippen molar-refractivity contribution in [1.29, 1.82) is 0 Å². The van der Waals surface area contributed by atoms with E-state index in [2.05, 4.69) is 25.6 Å². The Bertz CT molecular complexity index is 2210. The van der Waals surface area contributed by atoms with Crippen LogP contribution >= 0.6 is 0 Å². The maximum Gasteiger partial charge on any atom is 0.320 e. The highest BCUT2D eigenvalue weighted by molar-refractivity contribution is 6.05. The number of aromatic nitrogens is 2. The van der Waals surface area contributed by atoms with Crippen LogP contribution in [0.3, 0.4) is 0 Å². The summed E-state index contributed by atoms with van der Waals surface area (Å²) >= 11 is 0. The fourth-order valence-corrected chi connectivity index (χ4v) is 8.67. The summed E-state index contributed by atoms with van der Waals surface area (Å²) in [6, 6.07) is 14.9. The Balaban J connectivity index is 0.965. The fourth-order valence-electron chi connectivity index (χ4n) is 8.67. The number of aliphatic carboxylic acids is 1. The number of aliphatic imine (C=N–C) groups is 1. The number of rotatable bonds is 13. The number of hydrogen-bond acceptors (Lipinski definition) is 8. The summed E-state index contributed by atoms with van der Waals surface area (Å²) in [4.78, 5) is 55.1. The van der Waals surface area contributed by atoms with Crippen LogP contribution in [0, 0.1) is 19.8 Å². The van der Waals surface area contributed by atoms with Gasteiger partial charge >= 0.3 is 5.97 Å². The Labute approximate surface area is 334 Å². The third kappa shape index (κ3) is 8.70. The largest absolute Gasteiger partial charge is 0.480 e. The molecule has 3 saturated carbocycles. The molecule has 1 saturated heterocycles. The monoisotopic (exact) mass is 768 g/mol. The van der Waals surface area contributed by atoms with Gasteiger partial charge in [0.05, 0.1) is 12.6 Å². The van der Waals surface area contributed by atoms with Crippen LogP contribution in [0.15, 0.2) is 65.9 Å². The minimum Gasteiger partial charge on any atom is -0.480 e. The van der Waals surface area contributed by atoms with E-state index in [0.717, 1.165) is 109 Å². The first-order valence-corrected chi connectivity index (χ1v) is 20.6. The number of carbonyl (C=O) groups excluding carboxylic acids is 2. The van der Waals surface area contributed by atoms with Gasteiger partial charge in [-0.2, -0.15) is 0 Å². The molecule has 11 heteroatoms. The second-order valence-electron chi connectivity index (χ2n) is 16.4. The van der Waals surface area contributed by atoms with Gasteiger partial charge in [0.2, 0.25) is 0 Å². The molecule has 4 fully saturated rings. The fraction of sp³-hybridized carbons (Fsp3) is 0.435. The first-order valence-electron chi connectivity index (χ1n) is 20.6. The number of anilines is 2. The smallest absolute Gasteiger partial charge is 0.320 e. The van der Waals surface area contributed by atoms with Crippen LogP contribution in [0.5, 0.6) is 0 Å². The summed E-state index contributed by atoms with van der Waals surface area (Å²) in [7, 11) is 0. The first-order chi connectivity index (χ1) is 27.6. The molecule has 0 spiro atoms. The molecule has 296 valence electrons. The van der Waals surface area contributed by atoms with E-state index in [1.165, 1.54) is 0 Å². The Hall–Kier alpha value is -5.26. The zero-order valence-corrected chi connectivity index (χ0v) is 32.8. The molecule has 11 nitrogen and oxygen atoms in total. The maximum absolute atomic E-state index is 13.7. The van der Waals surface area contributed by atoms with Crippen LogP contribution in [0.25, 0.3) is 11.1 Å². The maximum atomic E-state index is 13.7. The van der Waals surface area contributed by atoms with Crippen LogP contribution in [0.4, 0.5) is 11.4 Å². The van der Waals surface area contributed by atoms with Crippen molar-refractivity contribution in [2.24, 2.45) is 10.9 Å². The number of carboxylic acids is 1. The second-order valence-corrected chi connectivity index (χ2v) is 16.4. The van der Waals surface area contributed by atoms with Crippen LogP contribution in [-0.2, 0) is 17.9 Å². The number of amides is 2. The number of likely N-dealkylation sites (tertiary alicyclic amines) is 1. The van der Waals surface area contributed by atoms with E-state index in [4.69, 9.17) is 0 Å². The first kappa shape index (κ1) is 38.6. The van der Waals surface area contributed by atoms with E-state index in [1.54, 1.807) is 12.4 Å². The average molecular weight is 769 g/mol. The van der Waals surface area contributed by atoms with Gasteiger partial charge in [0.15, 0.2) is 0 Å². The third-order valence-electron chi connectivity index (χ3n) is 12.4. The number of pyridine rings is 2. The van der Waals surface area contributed by atoms with Crippen LogP contribution in [0.2, 0.25) is 0 Å². The van der Waals surface area contributed by atoms with Crippen molar-refractivity contribution in [3.63, 3.8) is 0 Å². The number of hydrogen-bond donors (Lipinski definition) is 4. The van der Waals surface area contributed by atoms with Gasteiger partial charge in [0.1, 0.15) is 17.4 Å². The van der Waals surface area contributed by atoms with E-state index in [0.29, 0.717) is 54.1 Å². The van der Waals surface area contributed by atoms with Crippen molar-refractivity contribution in [2.75, 3.05) is 17.2 Å². The van der Waals surface area contributed by atoms with Gasteiger partial charge in [-0.25, -0.2) is 0 Å². The Morgan fingerprint density at radius 3 is 1.89 bits per heavy atom. The molecular weight excluding hydrogens is 717 g/mol. The molecule has 57 heavy (non-hydrogen) atoms. The molecule has 0 radical (unpaired) electrons. The molecule has 3 atom stereocenters. The number of benzene rings is 2. The van der Waals surface area contributed by atoms with Crippen molar-refractivity contribution in [3.8, 4) is 11.1 Å². The molecule has 4 aromatic rings. The number of piperidine rings is 1. The van der Waals surface area contributed by atoms with E-state index in [-0.39, 0.29) is 23.8 Å². The second kappa shape index (κ2) is 16.7. The number of aliphatic hydroxyl groups excluding tert-OH is 1. The lowest BCUT2D eigenvalue weighted by Crippen LogP contribution is -2.44. The Kier molecular flexibility index (Phi) is 11.3. The molecule has 1 aliphatic heterocycles. The van der Waals surface area contributed by atoms with E-state index in [1.807, 2.05) is 73.5 Å². The van der Waals surface area contributed by atoms with Crippen LogP contribution in [-0.4, -0.2) is 67.8 Å². The Morgan fingerprint density at radius 1 is 0.772 bits per heavy atom. The molecule has 8 rings (SSSR count). The van der Waals surface area contributed by atoms with Gasteiger partial charge in [0.25, 0.3) is 11.8 Å². The summed E-state index contributed by atoms with van der Waals surface area (Å²) in [5, 5.41) is 26.2. The predicted octanol–water partition coefficient (Wildman–Crippen LogP) is 8.19. The summed E-state index contributed by atoms with van der Waals surface area (Å²) in [5.41, 5.74) is 9.94. The van der Waals surface area contributed by atoms with Gasteiger partial charge in [0, 0.05) is 42.4 Å². The van der Waals surface area contributed by atoms with Crippen molar-refractivity contribution in [2.45, 2.75) is 115 Å². The molecule has 0 bridgehead atoms. The summed E-state index contributed by atoms with van der Waals surface area (Å²) < 4.78 is 0. The van der Waals surface area contributed by atoms with Gasteiger partial charge in [-0.05, 0) is 152 Å². The normalized spacial score (nSPS) is 21.1. The van der Waals surface area contributed by atoms with E-state index < -0.39 is 12.0 Å².